The first-order chi connectivity index (χ1) is 11.4. The van der Waals surface area contributed by atoms with Gasteiger partial charge in [-0.3, -0.25) is 4.90 Å². The predicted octanol–water partition coefficient (Wildman–Crippen LogP) is 3.71. The lowest BCUT2D eigenvalue weighted by atomic mass is 9.78. The van der Waals surface area contributed by atoms with E-state index in [1.165, 1.54) is 50.1 Å². The van der Waals surface area contributed by atoms with E-state index in [4.69, 9.17) is 0 Å². The summed E-state index contributed by atoms with van der Waals surface area (Å²) in [6.07, 6.45) is 2.72. The molecular formula is C21H26N2. The Labute approximate surface area is 139 Å². The van der Waals surface area contributed by atoms with Crippen molar-refractivity contribution >= 4 is 0 Å². The number of likely N-dealkylation sites (tertiary alicyclic amines) is 1. The highest BCUT2D eigenvalue weighted by molar-refractivity contribution is 5.32. The van der Waals surface area contributed by atoms with Gasteiger partial charge in [0.2, 0.25) is 0 Å². The van der Waals surface area contributed by atoms with Gasteiger partial charge in [0.25, 0.3) is 0 Å². The zero-order valence-corrected chi connectivity index (χ0v) is 13.7. The molecule has 2 fully saturated rings. The molecule has 0 radical (unpaired) electrons. The van der Waals surface area contributed by atoms with Crippen LogP contribution in [0.25, 0.3) is 0 Å². The molecule has 2 aliphatic rings. The fourth-order valence-electron chi connectivity index (χ4n) is 4.26. The Kier molecular flexibility index (Phi) is 4.45. The molecule has 0 unspecified atom stereocenters. The van der Waals surface area contributed by atoms with Gasteiger partial charge in [0.15, 0.2) is 0 Å². The number of hydrogen-bond acceptors (Lipinski definition) is 2. The number of benzene rings is 2. The molecule has 1 N–H and O–H groups in total. The van der Waals surface area contributed by atoms with Gasteiger partial charge in [0, 0.05) is 13.1 Å². The van der Waals surface area contributed by atoms with Crippen molar-refractivity contribution in [3.05, 3.63) is 71.8 Å². The first kappa shape index (κ1) is 14.9. The van der Waals surface area contributed by atoms with Gasteiger partial charge in [-0.1, -0.05) is 60.7 Å². The van der Waals surface area contributed by atoms with E-state index in [-0.39, 0.29) is 0 Å². The van der Waals surface area contributed by atoms with E-state index in [0.717, 1.165) is 11.8 Å². The minimum absolute atomic E-state index is 0.412. The molecule has 23 heavy (non-hydrogen) atoms. The molecule has 0 aromatic heterocycles. The fourth-order valence-corrected chi connectivity index (χ4v) is 4.26. The van der Waals surface area contributed by atoms with Gasteiger partial charge < -0.3 is 5.32 Å². The molecule has 2 aromatic carbocycles. The molecule has 120 valence electrons. The van der Waals surface area contributed by atoms with Crippen LogP contribution in [0.15, 0.2) is 60.7 Å². The molecule has 2 heteroatoms. The Morgan fingerprint density at radius 2 is 1.26 bits per heavy atom. The Hall–Kier alpha value is -1.64. The second-order valence-electron chi connectivity index (χ2n) is 7.03. The van der Waals surface area contributed by atoms with Crippen LogP contribution in [-0.4, -0.2) is 31.1 Å². The van der Waals surface area contributed by atoms with Crippen molar-refractivity contribution in [1.82, 2.24) is 10.2 Å². The summed E-state index contributed by atoms with van der Waals surface area (Å²) in [6.45, 7) is 4.92. The van der Waals surface area contributed by atoms with Gasteiger partial charge in [-0.15, -0.1) is 0 Å². The standard InChI is InChI=1S/C21H26N2/c1-3-7-18(8-4-1)21(19-9-5-2-6-10-19)23-15-20(16-23)17-11-13-22-14-12-17/h1-10,17,20-22H,11-16H2. The van der Waals surface area contributed by atoms with Crippen molar-refractivity contribution < 1.29 is 0 Å². The van der Waals surface area contributed by atoms with E-state index < -0.39 is 0 Å². The first-order valence-electron chi connectivity index (χ1n) is 8.96. The van der Waals surface area contributed by atoms with Crippen LogP contribution in [0.5, 0.6) is 0 Å². The van der Waals surface area contributed by atoms with Crippen LogP contribution in [0.1, 0.15) is 30.0 Å². The minimum atomic E-state index is 0.412. The SMILES string of the molecule is c1ccc(C(c2ccccc2)N2CC(C3CCNCC3)C2)cc1. The summed E-state index contributed by atoms with van der Waals surface area (Å²) < 4.78 is 0. The molecular weight excluding hydrogens is 280 g/mol. The zero-order chi connectivity index (χ0) is 15.5. The van der Waals surface area contributed by atoms with E-state index >= 15 is 0 Å². The predicted molar refractivity (Wildman–Crippen MR) is 95.4 cm³/mol. The number of nitrogens with zero attached hydrogens (tertiary/aromatic N) is 1. The molecule has 0 atom stereocenters. The lowest BCUT2D eigenvalue weighted by Crippen LogP contribution is -2.53. The second kappa shape index (κ2) is 6.86. The van der Waals surface area contributed by atoms with Crippen molar-refractivity contribution in [3.8, 4) is 0 Å². The van der Waals surface area contributed by atoms with Crippen LogP contribution in [0.2, 0.25) is 0 Å². The first-order valence-corrected chi connectivity index (χ1v) is 8.96. The molecule has 0 bridgehead atoms. The van der Waals surface area contributed by atoms with Gasteiger partial charge in [0.1, 0.15) is 0 Å². The molecule has 0 aliphatic carbocycles. The number of nitrogens with one attached hydrogen (secondary N) is 1. The summed E-state index contributed by atoms with van der Waals surface area (Å²) in [5.74, 6) is 1.83. The molecule has 0 amide bonds. The van der Waals surface area contributed by atoms with Crippen LogP contribution >= 0.6 is 0 Å². The highest BCUT2D eigenvalue weighted by atomic mass is 15.2. The van der Waals surface area contributed by atoms with Gasteiger partial charge in [-0.2, -0.15) is 0 Å². The Morgan fingerprint density at radius 3 is 1.78 bits per heavy atom. The van der Waals surface area contributed by atoms with Crippen LogP contribution in [0, 0.1) is 11.8 Å². The topological polar surface area (TPSA) is 15.3 Å². The molecule has 2 heterocycles. The van der Waals surface area contributed by atoms with Crippen molar-refractivity contribution in [2.45, 2.75) is 18.9 Å². The van der Waals surface area contributed by atoms with E-state index in [0.29, 0.717) is 6.04 Å². The summed E-state index contributed by atoms with van der Waals surface area (Å²) in [7, 11) is 0. The monoisotopic (exact) mass is 306 g/mol. The lowest BCUT2D eigenvalue weighted by molar-refractivity contribution is 0.0220. The molecule has 4 rings (SSSR count). The molecule has 0 spiro atoms. The van der Waals surface area contributed by atoms with E-state index in [1.54, 1.807) is 0 Å². The van der Waals surface area contributed by atoms with Gasteiger partial charge in [-0.05, 0) is 48.9 Å². The minimum Gasteiger partial charge on any atom is -0.317 e. The second-order valence-corrected chi connectivity index (χ2v) is 7.03. The van der Waals surface area contributed by atoms with Crippen molar-refractivity contribution in [2.75, 3.05) is 26.2 Å². The third kappa shape index (κ3) is 3.19. The highest BCUT2D eigenvalue weighted by Crippen LogP contribution is 2.38. The van der Waals surface area contributed by atoms with E-state index in [1.807, 2.05) is 0 Å². The summed E-state index contributed by atoms with van der Waals surface area (Å²) in [6, 6.07) is 22.4. The van der Waals surface area contributed by atoms with Crippen molar-refractivity contribution in [1.29, 1.82) is 0 Å². The molecule has 0 saturated carbocycles. The number of piperidine rings is 1. The number of hydrogen-bond donors (Lipinski definition) is 1. The zero-order valence-electron chi connectivity index (χ0n) is 13.7. The number of rotatable bonds is 4. The third-order valence-electron chi connectivity index (χ3n) is 5.58. The van der Waals surface area contributed by atoms with Crippen LogP contribution in [-0.2, 0) is 0 Å². The van der Waals surface area contributed by atoms with Crippen molar-refractivity contribution in [2.24, 2.45) is 11.8 Å². The molecule has 2 aromatic rings. The fraction of sp³-hybridized carbons (Fsp3) is 0.429. The average molecular weight is 306 g/mol. The van der Waals surface area contributed by atoms with Crippen LogP contribution in [0.3, 0.4) is 0 Å². The third-order valence-corrected chi connectivity index (χ3v) is 5.58. The van der Waals surface area contributed by atoms with Gasteiger partial charge in [0.05, 0.1) is 6.04 Å². The maximum atomic E-state index is 3.49. The quantitative estimate of drug-likeness (QED) is 0.926. The Morgan fingerprint density at radius 1 is 0.739 bits per heavy atom. The smallest absolute Gasteiger partial charge is 0.0602 e. The maximum absolute atomic E-state index is 3.49. The summed E-state index contributed by atoms with van der Waals surface area (Å²) in [5, 5.41) is 3.49. The van der Waals surface area contributed by atoms with Crippen LogP contribution in [0.4, 0.5) is 0 Å². The van der Waals surface area contributed by atoms with Gasteiger partial charge in [-0.25, -0.2) is 0 Å². The molecule has 2 saturated heterocycles. The van der Waals surface area contributed by atoms with E-state index in [2.05, 4.69) is 70.9 Å². The average Bonchev–Trinajstić information content (AvgIpc) is 2.60. The Bertz CT molecular complexity index is 559. The Balaban J connectivity index is 1.51. The van der Waals surface area contributed by atoms with Crippen LogP contribution < -0.4 is 5.32 Å². The largest absolute Gasteiger partial charge is 0.317 e. The highest BCUT2D eigenvalue weighted by Gasteiger charge is 2.38. The molecule has 2 aliphatic heterocycles. The molecule has 2 nitrogen and oxygen atoms in total. The lowest BCUT2D eigenvalue weighted by Gasteiger charge is -2.48. The summed E-state index contributed by atoms with van der Waals surface area (Å²) in [5.41, 5.74) is 2.84. The van der Waals surface area contributed by atoms with Crippen molar-refractivity contribution in [3.63, 3.8) is 0 Å². The summed E-state index contributed by atoms with van der Waals surface area (Å²) >= 11 is 0. The normalized spacial score (nSPS) is 20.6. The van der Waals surface area contributed by atoms with Gasteiger partial charge >= 0.3 is 0 Å². The van der Waals surface area contributed by atoms with E-state index in [9.17, 15) is 0 Å². The summed E-state index contributed by atoms with van der Waals surface area (Å²) in [4.78, 5) is 2.66. The maximum Gasteiger partial charge on any atom is 0.0602 e.